The third kappa shape index (κ3) is 8.25. The van der Waals surface area contributed by atoms with Crippen molar-refractivity contribution in [2.75, 3.05) is 0 Å². The molecular weight excluding hydrogens is 851 g/mol. The Morgan fingerprint density at radius 3 is 2.18 bits per heavy atom. The number of nitrogens with zero attached hydrogens (tertiary/aromatic N) is 3. The molecule has 0 amide bonds. The minimum atomic E-state index is -2.32. The minimum absolute atomic E-state index is 0. The Morgan fingerprint density at radius 1 is 0.727 bits per heavy atom. The first-order chi connectivity index (χ1) is 27.8. The molecule has 1 radical (unpaired) electrons. The Balaban J connectivity index is 0.000000397. The van der Waals surface area contributed by atoms with Gasteiger partial charge in [-0.3, -0.25) is 0 Å². The molecule has 4 heterocycles. The van der Waals surface area contributed by atoms with E-state index in [2.05, 4.69) is 22.1 Å². The van der Waals surface area contributed by atoms with E-state index >= 15 is 0 Å². The second-order valence-electron chi connectivity index (χ2n) is 14.9. The summed E-state index contributed by atoms with van der Waals surface area (Å²) in [5, 5.41) is 1.60. The molecule has 0 saturated carbocycles. The summed E-state index contributed by atoms with van der Waals surface area (Å²) in [6, 6.07) is 43.3. The number of aromatic nitrogens is 3. The van der Waals surface area contributed by atoms with Crippen LogP contribution in [0, 0.1) is 19.0 Å². The van der Waals surface area contributed by atoms with Crippen LogP contribution in [0.3, 0.4) is 0 Å². The average molecular weight is 903 g/mol. The number of hydrogen-bond acceptors (Lipinski definition) is 4. The van der Waals surface area contributed by atoms with Crippen molar-refractivity contribution in [3.8, 4) is 44.9 Å². The summed E-state index contributed by atoms with van der Waals surface area (Å²) in [7, 11) is 0. The van der Waals surface area contributed by atoms with Gasteiger partial charge in [-0.2, -0.15) is 0 Å². The second-order valence-corrected chi connectivity index (χ2v) is 14.9. The monoisotopic (exact) mass is 903 g/mol. The number of furan rings is 1. The van der Waals surface area contributed by atoms with E-state index in [0.29, 0.717) is 33.8 Å². The number of benzene rings is 4. The first-order valence-electron chi connectivity index (χ1n) is 20.7. The molecule has 0 aliphatic carbocycles. The van der Waals surface area contributed by atoms with Crippen LogP contribution in [0.4, 0.5) is 0 Å². The van der Waals surface area contributed by atoms with Gasteiger partial charge in [0.1, 0.15) is 0 Å². The summed E-state index contributed by atoms with van der Waals surface area (Å²) in [6.45, 7) is 11.0. The molecule has 4 nitrogen and oxygen atoms in total. The molecule has 4 aromatic carbocycles. The van der Waals surface area contributed by atoms with Crippen LogP contribution in [0.1, 0.15) is 89.4 Å². The number of hydrogen-bond donors (Lipinski definition) is 0. The summed E-state index contributed by atoms with van der Waals surface area (Å²) in [6.07, 6.45) is 3.44. The van der Waals surface area contributed by atoms with Crippen LogP contribution in [-0.4, -0.2) is 15.0 Å². The fraction of sp³-hybridized carbons (Fsp3) is 0.220. The summed E-state index contributed by atoms with van der Waals surface area (Å²) in [5.41, 5.74) is 9.30. The van der Waals surface area contributed by atoms with Crippen molar-refractivity contribution in [1.82, 2.24) is 15.0 Å². The van der Waals surface area contributed by atoms with Gasteiger partial charge in [0.2, 0.25) is 5.71 Å². The molecule has 0 unspecified atom stereocenters. The molecule has 8 rings (SSSR count). The summed E-state index contributed by atoms with van der Waals surface area (Å²) in [5.74, 6) is -1.98. The van der Waals surface area contributed by atoms with E-state index in [4.69, 9.17) is 14.9 Å². The average Bonchev–Trinajstić information content (AvgIpc) is 3.58. The van der Waals surface area contributed by atoms with E-state index in [1.807, 2.05) is 152 Å². The van der Waals surface area contributed by atoms with Crippen molar-refractivity contribution < 1.29 is 31.4 Å². The van der Waals surface area contributed by atoms with Gasteiger partial charge in [0.25, 0.3) is 0 Å². The van der Waals surface area contributed by atoms with Gasteiger partial charge in [-0.25, -0.2) is 4.98 Å². The minimum Gasteiger partial charge on any atom is -0.486 e. The Bertz CT molecular complexity index is 2710. The van der Waals surface area contributed by atoms with Gasteiger partial charge in [-0.1, -0.05) is 126 Å². The zero-order valence-corrected chi connectivity index (χ0v) is 34.6. The van der Waals surface area contributed by atoms with E-state index in [9.17, 15) is 1.37 Å². The Kier molecular flexibility index (Phi) is 10.0. The SMILES string of the molecule is [2H]C([2H])([2H])c1cc(-c2[c-]ccc3c2oc2nc(-c4c(C([2H])(C)C)ccc(-c5ccccc5)c4C([2H])(C)C)ccc23)ncc1C(C)(C)C.[Ir].[c-]1ccccc1-c1ccccn1. The van der Waals surface area contributed by atoms with Crippen molar-refractivity contribution in [3.63, 3.8) is 0 Å². The number of fused-ring (bicyclic) bond motifs is 3. The largest absolute Gasteiger partial charge is 0.486 e. The summed E-state index contributed by atoms with van der Waals surface area (Å²) < 4.78 is 49.5. The molecule has 5 heteroatoms. The summed E-state index contributed by atoms with van der Waals surface area (Å²) >= 11 is 0. The topological polar surface area (TPSA) is 51.8 Å². The maximum atomic E-state index is 9.28. The van der Waals surface area contributed by atoms with Crippen LogP contribution in [0.2, 0.25) is 0 Å². The van der Waals surface area contributed by atoms with Gasteiger partial charge in [-0.05, 0) is 81.5 Å². The third-order valence-corrected chi connectivity index (χ3v) is 9.50. The van der Waals surface area contributed by atoms with E-state index < -0.39 is 24.1 Å². The van der Waals surface area contributed by atoms with Crippen molar-refractivity contribution in [3.05, 3.63) is 162 Å². The van der Waals surface area contributed by atoms with Gasteiger partial charge in [-0.15, -0.1) is 54.1 Å². The maximum Gasteiger partial charge on any atom is 0.216 e. The van der Waals surface area contributed by atoms with Crippen molar-refractivity contribution in [2.45, 2.75) is 72.5 Å². The molecule has 0 spiro atoms. The predicted octanol–water partition coefficient (Wildman–Crippen LogP) is 13.6. The van der Waals surface area contributed by atoms with Crippen LogP contribution in [0.25, 0.3) is 67.0 Å². The molecule has 279 valence electrons. The number of pyridine rings is 3. The van der Waals surface area contributed by atoms with Crippen LogP contribution in [0.5, 0.6) is 0 Å². The Morgan fingerprint density at radius 2 is 1.51 bits per heavy atom. The molecule has 0 saturated heterocycles. The molecule has 0 fully saturated rings. The molecule has 8 aromatic rings. The molecule has 55 heavy (non-hydrogen) atoms. The van der Waals surface area contributed by atoms with Crippen molar-refractivity contribution in [2.24, 2.45) is 0 Å². The van der Waals surface area contributed by atoms with E-state index in [0.717, 1.165) is 49.8 Å². The van der Waals surface area contributed by atoms with Crippen LogP contribution in [-0.2, 0) is 25.5 Å². The normalized spacial score (nSPS) is 13.4. The summed E-state index contributed by atoms with van der Waals surface area (Å²) in [4.78, 5) is 14.0. The van der Waals surface area contributed by atoms with E-state index in [1.54, 1.807) is 24.5 Å². The van der Waals surface area contributed by atoms with Crippen LogP contribution >= 0.6 is 0 Å². The van der Waals surface area contributed by atoms with Gasteiger partial charge in [0.05, 0.1) is 11.3 Å². The van der Waals surface area contributed by atoms with Crippen molar-refractivity contribution in [1.29, 1.82) is 0 Å². The molecule has 0 bridgehead atoms. The first kappa shape index (κ1) is 33.1. The second kappa shape index (κ2) is 16.7. The van der Waals surface area contributed by atoms with E-state index in [1.165, 1.54) is 0 Å². The molecule has 0 N–H and O–H groups in total. The number of aryl methyl sites for hydroxylation is 1. The molecule has 4 aromatic heterocycles. The number of rotatable bonds is 6. The van der Waals surface area contributed by atoms with Crippen LogP contribution < -0.4 is 0 Å². The predicted molar refractivity (Wildman–Crippen MR) is 225 cm³/mol. The molecule has 0 atom stereocenters. The van der Waals surface area contributed by atoms with Gasteiger partial charge in [0.15, 0.2) is 0 Å². The third-order valence-electron chi connectivity index (χ3n) is 9.50. The van der Waals surface area contributed by atoms with E-state index in [-0.39, 0.29) is 25.7 Å². The molecule has 0 aliphatic heterocycles. The standard InChI is InChI=1S/C39H39N2O.C11H8N.Ir/c1-23(2)27-17-18-28(26-13-10-9-11-14-26)35(24(3)4)36(27)33-20-19-30-29-15-12-16-31(37(29)42-38(30)41-33)34-21-25(5)32(22-40-34)39(6,7)8;1-2-6-10(7-3-1)11-8-4-5-9-12-11;/h9-15,17-24H,1-8H3;1-6,8-9H;/q2*-1;/i5D3,23D,24D;;. The zero-order chi connectivity index (χ0) is 42.3. The zero-order valence-electron chi connectivity index (χ0n) is 37.2. The Hall–Kier alpha value is -5.22. The van der Waals surface area contributed by atoms with Gasteiger partial charge < -0.3 is 14.4 Å². The maximum absolute atomic E-state index is 9.28. The molecule has 0 aliphatic rings. The first-order valence-corrected chi connectivity index (χ1v) is 18.2. The fourth-order valence-electron chi connectivity index (χ4n) is 6.88. The van der Waals surface area contributed by atoms with Crippen molar-refractivity contribution >= 4 is 22.1 Å². The van der Waals surface area contributed by atoms with Crippen LogP contribution in [0.15, 0.2) is 132 Å². The van der Waals surface area contributed by atoms with Gasteiger partial charge in [0, 0.05) is 50.3 Å². The molecular formula is C50H47IrN3O-2. The smallest absolute Gasteiger partial charge is 0.216 e. The quantitative estimate of drug-likeness (QED) is 0.156. The Labute approximate surface area is 346 Å². The van der Waals surface area contributed by atoms with Gasteiger partial charge >= 0.3 is 0 Å². The fourth-order valence-corrected chi connectivity index (χ4v) is 6.88.